The van der Waals surface area contributed by atoms with Gasteiger partial charge in [-0.15, -0.1) is 0 Å². The first-order chi connectivity index (χ1) is 10.7. The number of benzene rings is 1. The van der Waals surface area contributed by atoms with Gasteiger partial charge in [-0.2, -0.15) is 19.0 Å². The molecule has 1 aromatic heterocycles. The molecule has 1 N–H and O–H groups in total. The summed E-state index contributed by atoms with van der Waals surface area (Å²) < 4.78 is 13.0. The maximum absolute atomic E-state index is 11.0. The van der Waals surface area contributed by atoms with E-state index in [9.17, 15) is 4.89 Å². The van der Waals surface area contributed by atoms with E-state index in [0.29, 0.717) is 13.2 Å². The third-order valence-electron chi connectivity index (χ3n) is 3.19. The summed E-state index contributed by atoms with van der Waals surface area (Å²) in [6, 6.07) is 10.7. The zero-order valence-corrected chi connectivity index (χ0v) is 14.1. The van der Waals surface area contributed by atoms with E-state index in [1.165, 1.54) is 18.1 Å². The summed E-state index contributed by atoms with van der Waals surface area (Å²) >= 11 is 1.43. The fourth-order valence-corrected chi connectivity index (χ4v) is 6.11. The standard InChI is InChI=1S/C14H18N3O3PS/c1-3-19-21(18,20-4-2)13-12(11-8-6-5-7-9-11)17-14(22-13)15-10-16-17/h5-10,13,18H,3-4H2,1-2H3/q+1. The van der Waals surface area contributed by atoms with E-state index in [0.717, 1.165) is 16.8 Å². The molecule has 1 radical (unpaired) electrons. The van der Waals surface area contributed by atoms with Crippen LogP contribution in [0.25, 0.3) is 0 Å². The van der Waals surface area contributed by atoms with Gasteiger partial charge in [0.15, 0.2) is 11.2 Å². The Kier molecular flexibility index (Phi) is 4.80. The molecule has 1 aliphatic heterocycles. The lowest BCUT2D eigenvalue weighted by molar-refractivity contribution is 0.188. The Balaban J connectivity index is 2.01. The third kappa shape index (κ3) is 2.79. The first-order valence-electron chi connectivity index (χ1n) is 7.09. The molecule has 0 saturated heterocycles. The highest BCUT2D eigenvalue weighted by Gasteiger charge is 2.60. The predicted molar refractivity (Wildman–Crippen MR) is 86.2 cm³/mol. The second-order valence-electron chi connectivity index (χ2n) is 4.58. The molecule has 0 amide bonds. The van der Waals surface area contributed by atoms with Crippen molar-refractivity contribution in [3.8, 4) is 0 Å². The maximum Gasteiger partial charge on any atom is 0.426 e. The van der Waals surface area contributed by atoms with Gasteiger partial charge >= 0.3 is 7.94 Å². The number of fused-ring (bicyclic) bond motifs is 1. The third-order valence-corrected chi connectivity index (χ3v) is 7.33. The van der Waals surface area contributed by atoms with Gasteiger partial charge in [-0.05, 0) is 31.2 Å². The highest BCUT2D eigenvalue weighted by Crippen LogP contribution is 2.70. The van der Waals surface area contributed by atoms with Crippen LogP contribution in [0.2, 0.25) is 0 Å². The Bertz CT molecular complexity index is 619. The first-order valence-corrected chi connectivity index (χ1v) is 9.62. The molecule has 1 aliphatic rings. The second kappa shape index (κ2) is 6.64. The van der Waals surface area contributed by atoms with Crippen LogP contribution in [-0.4, -0.2) is 37.9 Å². The molecular weight excluding hydrogens is 321 g/mol. The molecular formula is C14H18N3O3PS+. The van der Waals surface area contributed by atoms with Gasteiger partial charge in [0.25, 0.3) is 0 Å². The van der Waals surface area contributed by atoms with Crippen molar-refractivity contribution in [2.24, 2.45) is 0 Å². The van der Waals surface area contributed by atoms with E-state index in [2.05, 4.69) is 10.1 Å². The van der Waals surface area contributed by atoms with Gasteiger partial charge in [-0.1, -0.05) is 30.3 Å². The molecule has 1 aromatic carbocycles. The summed E-state index contributed by atoms with van der Waals surface area (Å²) in [5.41, 5.74) is 0.974. The molecule has 0 bridgehead atoms. The van der Waals surface area contributed by atoms with E-state index < -0.39 is 7.94 Å². The molecule has 117 valence electrons. The lowest BCUT2D eigenvalue weighted by Crippen LogP contribution is -2.24. The molecule has 0 fully saturated rings. The maximum atomic E-state index is 11.0. The topological polar surface area (TPSA) is 69.4 Å². The van der Waals surface area contributed by atoms with Gasteiger partial charge in [-0.3, -0.25) is 0 Å². The van der Waals surface area contributed by atoms with E-state index >= 15 is 0 Å². The summed E-state index contributed by atoms with van der Waals surface area (Å²) in [5, 5.41) is 5.02. The van der Waals surface area contributed by atoms with Crippen molar-refractivity contribution in [3.63, 3.8) is 0 Å². The van der Waals surface area contributed by atoms with Crippen LogP contribution >= 0.6 is 19.7 Å². The SMILES string of the molecule is CCO[P+](O)(OCC)C1Sc2ncnn2[C]1c1ccccc1. The van der Waals surface area contributed by atoms with E-state index in [4.69, 9.17) is 9.05 Å². The summed E-state index contributed by atoms with van der Waals surface area (Å²) in [6.07, 6.45) is 1.51. The normalized spacial score (nSPS) is 18.6. The number of aromatic nitrogens is 3. The molecule has 0 spiro atoms. The van der Waals surface area contributed by atoms with Gasteiger partial charge < -0.3 is 0 Å². The Morgan fingerprint density at radius 1 is 1.23 bits per heavy atom. The Hall–Kier alpha value is -0.980. The lowest BCUT2D eigenvalue weighted by Gasteiger charge is -2.24. The molecule has 1 atom stereocenters. The van der Waals surface area contributed by atoms with Crippen molar-refractivity contribution in [2.45, 2.75) is 24.0 Å². The fourth-order valence-electron chi connectivity index (χ4n) is 2.37. The van der Waals surface area contributed by atoms with Crippen LogP contribution in [0.4, 0.5) is 0 Å². The van der Waals surface area contributed by atoms with Crippen molar-refractivity contribution in [1.82, 2.24) is 14.8 Å². The van der Waals surface area contributed by atoms with Crippen molar-refractivity contribution in [2.75, 3.05) is 13.2 Å². The van der Waals surface area contributed by atoms with Crippen LogP contribution in [-0.2, 0) is 9.05 Å². The van der Waals surface area contributed by atoms with E-state index in [1.54, 1.807) is 4.68 Å². The Morgan fingerprint density at radius 2 is 1.91 bits per heavy atom. The van der Waals surface area contributed by atoms with Crippen LogP contribution in [0, 0.1) is 6.04 Å². The zero-order chi connectivity index (χ0) is 15.6. The van der Waals surface area contributed by atoms with Gasteiger partial charge in [0.1, 0.15) is 6.33 Å². The van der Waals surface area contributed by atoms with Gasteiger partial charge in [0, 0.05) is 0 Å². The molecule has 3 rings (SSSR count). The van der Waals surface area contributed by atoms with Gasteiger partial charge in [0.2, 0.25) is 4.99 Å². The summed E-state index contributed by atoms with van der Waals surface area (Å²) in [4.78, 5) is 14.9. The molecule has 1 unspecified atom stereocenters. The molecule has 8 heteroatoms. The number of nitrogens with zero attached hydrogens (tertiary/aromatic N) is 3. The summed E-state index contributed by atoms with van der Waals surface area (Å²) in [5.74, 6) is 0. The van der Waals surface area contributed by atoms with Crippen LogP contribution in [0.1, 0.15) is 19.4 Å². The minimum atomic E-state index is -3.06. The number of hydrogen-bond acceptors (Lipinski definition) is 6. The van der Waals surface area contributed by atoms with Crippen LogP contribution in [0.5, 0.6) is 0 Å². The largest absolute Gasteiger partial charge is 0.426 e. The van der Waals surface area contributed by atoms with Crippen molar-refractivity contribution in [1.29, 1.82) is 0 Å². The van der Waals surface area contributed by atoms with Crippen molar-refractivity contribution >= 4 is 19.7 Å². The highest BCUT2D eigenvalue weighted by atomic mass is 32.2. The number of hydrogen-bond donors (Lipinski definition) is 1. The fraction of sp³-hybridized carbons (Fsp3) is 0.357. The molecule has 2 heterocycles. The summed E-state index contributed by atoms with van der Waals surface area (Å²) in [6.45, 7) is 4.48. The second-order valence-corrected chi connectivity index (χ2v) is 8.16. The lowest BCUT2D eigenvalue weighted by atomic mass is 10.1. The summed E-state index contributed by atoms with van der Waals surface area (Å²) in [7, 11) is -3.06. The van der Waals surface area contributed by atoms with E-state index in [-0.39, 0.29) is 4.99 Å². The molecule has 6 nitrogen and oxygen atoms in total. The van der Waals surface area contributed by atoms with Crippen LogP contribution in [0.15, 0.2) is 41.8 Å². The number of thioether (sulfide) groups is 1. The monoisotopic (exact) mass is 339 g/mol. The van der Waals surface area contributed by atoms with Crippen molar-refractivity contribution in [3.05, 3.63) is 48.3 Å². The molecule has 22 heavy (non-hydrogen) atoms. The first kappa shape index (κ1) is 15.9. The average Bonchev–Trinajstić information content (AvgIpc) is 3.09. The zero-order valence-electron chi connectivity index (χ0n) is 12.4. The quantitative estimate of drug-likeness (QED) is 0.816. The molecule has 0 aliphatic carbocycles. The smallest absolute Gasteiger partial charge is 0.221 e. The minimum absolute atomic E-state index is 0.356. The van der Waals surface area contributed by atoms with E-state index in [1.807, 2.05) is 44.2 Å². The molecule has 2 aromatic rings. The average molecular weight is 339 g/mol. The van der Waals surface area contributed by atoms with Gasteiger partial charge in [-0.25, -0.2) is 9.67 Å². The van der Waals surface area contributed by atoms with Crippen molar-refractivity contribution < 1.29 is 13.9 Å². The molecule has 0 saturated carbocycles. The predicted octanol–water partition coefficient (Wildman–Crippen LogP) is 2.97. The minimum Gasteiger partial charge on any atom is -0.221 e. The highest BCUT2D eigenvalue weighted by molar-refractivity contribution is 8.06. The van der Waals surface area contributed by atoms with Crippen LogP contribution in [0.3, 0.4) is 0 Å². The Labute approximate surface area is 134 Å². The number of rotatable bonds is 6. The van der Waals surface area contributed by atoms with Crippen LogP contribution < -0.4 is 0 Å². The van der Waals surface area contributed by atoms with Gasteiger partial charge in [0.05, 0.1) is 13.2 Å². The Morgan fingerprint density at radius 3 is 2.55 bits per heavy atom.